The molecule has 0 N–H and O–H groups in total. The number of sulfonamides is 1. The standard InChI is InChI=1S/C22H33N3O4S/c1-5-25(6-2)30(27,28)18-10-11-20-19(15-18)23-21(24(20)4)12-13-22(26)29-17-9-7-8-16(3)14-17/h10-11,15-17H,5-9,12-14H2,1-4H3. The van der Waals surface area contributed by atoms with Gasteiger partial charge in [0.05, 0.1) is 22.3 Å². The lowest BCUT2D eigenvalue weighted by atomic mass is 9.89. The predicted octanol–water partition coefficient (Wildman–Crippen LogP) is 3.66. The van der Waals surface area contributed by atoms with Gasteiger partial charge in [0, 0.05) is 26.6 Å². The van der Waals surface area contributed by atoms with Gasteiger partial charge in [-0.25, -0.2) is 13.4 Å². The van der Waals surface area contributed by atoms with Crippen molar-refractivity contribution in [2.75, 3.05) is 13.1 Å². The van der Waals surface area contributed by atoms with Gasteiger partial charge in [-0.05, 0) is 43.4 Å². The van der Waals surface area contributed by atoms with E-state index in [2.05, 4.69) is 11.9 Å². The fourth-order valence-corrected chi connectivity index (χ4v) is 5.75. The normalized spacial score (nSPS) is 20.0. The van der Waals surface area contributed by atoms with E-state index < -0.39 is 10.0 Å². The summed E-state index contributed by atoms with van der Waals surface area (Å²) in [7, 11) is -1.65. The van der Waals surface area contributed by atoms with Crippen LogP contribution in [0, 0.1) is 5.92 Å². The van der Waals surface area contributed by atoms with Crippen molar-refractivity contribution in [1.82, 2.24) is 13.9 Å². The molecule has 1 fully saturated rings. The number of hydrogen-bond acceptors (Lipinski definition) is 5. The highest BCUT2D eigenvalue weighted by molar-refractivity contribution is 7.89. The molecule has 1 aromatic carbocycles. The van der Waals surface area contributed by atoms with Crippen LogP contribution in [0.3, 0.4) is 0 Å². The lowest BCUT2D eigenvalue weighted by Crippen LogP contribution is -2.30. The van der Waals surface area contributed by atoms with Crippen LogP contribution in [0.2, 0.25) is 0 Å². The van der Waals surface area contributed by atoms with Crippen molar-refractivity contribution in [1.29, 1.82) is 0 Å². The number of aryl methyl sites for hydroxylation is 2. The molecule has 0 spiro atoms. The van der Waals surface area contributed by atoms with Crippen molar-refractivity contribution in [3.05, 3.63) is 24.0 Å². The number of carbonyl (C=O) groups excluding carboxylic acids is 1. The molecule has 1 aliphatic rings. The molecule has 7 nitrogen and oxygen atoms in total. The molecule has 2 unspecified atom stereocenters. The fraction of sp³-hybridized carbons (Fsp3) is 0.636. The molecule has 1 saturated carbocycles. The topological polar surface area (TPSA) is 81.5 Å². The molecule has 1 aliphatic carbocycles. The number of carbonyl (C=O) groups is 1. The largest absolute Gasteiger partial charge is 0.462 e. The summed E-state index contributed by atoms with van der Waals surface area (Å²) in [6.07, 6.45) is 4.99. The third-order valence-electron chi connectivity index (χ3n) is 6.03. The minimum atomic E-state index is -3.53. The van der Waals surface area contributed by atoms with Crippen molar-refractivity contribution in [3.8, 4) is 0 Å². The van der Waals surface area contributed by atoms with E-state index in [0.717, 1.165) is 30.6 Å². The van der Waals surface area contributed by atoms with Crippen LogP contribution in [0.4, 0.5) is 0 Å². The maximum Gasteiger partial charge on any atom is 0.306 e. The van der Waals surface area contributed by atoms with Crippen LogP contribution in [0.25, 0.3) is 11.0 Å². The van der Waals surface area contributed by atoms with Gasteiger partial charge in [0.1, 0.15) is 11.9 Å². The van der Waals surface area contributed by atoms with Crippen molar-refractivity contribution < 1.29 is 17.9 Å². The monoisotopic (exact) mass is 435 g/mol. The predicted molar refractivity (Wildman–Crippen MR) is 117 cm³/mol. The van der Waals surface area contributed by atoms with Crippen LogP contribution in [-0.4, -0.2) is 47.4 Å². The van der Waals surface area contributed by atoms with E-state index in [9.17, 15) is 13.2 Å². The SMILES string of the molecule is CCN(CC)S(=O)(=O)c1ccc2c(c1)nc(CCC(=O)OC1CCCC(C)C1)n2C. The second kappa shape index (κ2) is 9.47. The zero-order chi connectivity index (χ0) is 21.9. The van der Waals surface area contributed by atoms with E-state index in [1.165, 1.54) is 10.7 Å². The number of benzene rings is 1. The maximum absolute atomic E-state index is 12.8. The second-order valence-corrected chi connectivity index (χ2v) is 10.1. The Hall–Kier alpha value is -1.93. The molecule has 0 amide bonds. The summed E-state index contributed by atoms with van der Waals surface area (Å²) in [6.45, 7) is 6.70. The molecule has 3 rings (SSSR count). The third kappa shape index (κ3) is 4.86. The summed E-state index contributed by atoms with van der Waals surface area (Å²) < 4.78 is 34.6. The van der Waals surface area contributed by atoms with E-state index in [0.29, 0.717) is 30.9 Å². The van der Waals surface area contributed by atoms with Crippen LogP contribution >= 0.6 is 0 Å². The van der Waals surface area contributed by atoms with E-state index >= 15 is 0 Å². The quantitative estimate of drug-likeness (QED) is 0.591. The van der Waals surface area contributed by atoms with Crippen LogP contribution in [0.5, 0.6) is 0 Å². The fourth-order valence-electron chi connectivity index (χ4n) is 4.27. The van der Waals surface area contributed by atoms with Crippen LogP contribution < -0.4 is 0 Å². The molecule has 2 atom stereocenters. The van der Waals surface area contributed by atoms with Gasteiger partial charge in [-0.1, -0.05) is 27.2 Å². The van der Waals surface area contributed by atoms with E-state index in [1.54, 1.807) is 18.2 Å². The smallest absolute Gasteiger partial charge is 0.306 e. The first-order valence-corrected chi connectivity index (χ1v) is 12.3. The van der Waals surface area contributed by atoms with Gasteiger partial charge < -0.3 is 9.30 Å². The lowest BCUT2D eigenvalue weighted by molar-refractivity contribution is -0.151. The number of hydrogen-bond donors (Lipinski definition) is 0. The Labute approximate surface area is 179 Å². The summed E-state index contributed by atoms with van der Waals surface area (Å²) in [5.74, 6) is 1.17. The lowest BCUT2D eigenvalue weighted by Gasteiger charge is -2.26. The van der Waals surface area contributed by atoms with Crippen molar-refractivity contribution in [2.24, 2.45) is 13.0 Å². The number of fused-ring (bicyclic) bond motifs is 1. The minimum absolute atomic E-state index is 0.0366. The Morgan fingerprint density at radius 2 is 2.00 bits per heavy atom. The van der Waals surface area contributed by atoms with Gasteiger partial charge in [-0.2, -0.15) is 4.31 Å². The molecule has 166 valence electrons. The van der Waals surface area contributed by atoms with Crippen molar-refractivity contribution in [3.63, 3.8) is 0 Å². The molecular weight excluding hydrogens is 402 g/mol. The highest BCUT2D eigenvalue weighted by Crippen LogP contribution is 2.26. The molecule has 1 heterocycles. The van der Waals surface area contributed by atoms with E-state index in [-0.39, 0.29) is 23.4 Å². The van der Waals surface area contributed by atoms with Crippen molar-refractivity contribution >= 4 is 27.0 Å². The third-order valence-corrected chi connectivity index (χ3v) is 8.07. The van der Waals surface area contributed by atoms with Gasteiger partial charge in [0.25, 0.3) is 0 Å². The average molecular weight is 436 g/mol. The summed E-state index contributed by atoms with van der Waals surface area (Å²) in [5, 5.41) is 0. The first-order valence-electron chi connectivity index (χ1n) is 10.9. The zero-order valence-electron chi connectivity index (χ0n) is 18.4. The number of ether oxygens (including phenoxy) is 1. The molecule has 0 radical (unpaired) electrons. The average Bonchev–Trinajstić information content (AvgIpc) is 3.02. The molecule has 2 aromatic rings. The van der Waals surface area contributed by atoms with Crippen LogP contribution in [0.15, 0.2) is 23.1 Å². The Morgan fingerprint density at radius 1 is 1.27 bits per heavy atom. The Balaban J connectivity index is 1.71. The molecule has 8 heteroatoms. The Bertz CT molecular complexity index is 995. The van der Waals surface area contributed by atoms with E-state index in [4.69, 9.17) is 4.74 Å². The molecular formula is C22H33N3O4S. The van der Waals surface area contributed by atoms with Gasteiger partial charge in [-0.3, -0.25) is 4.79 Å². The molecule has 1 aromatic heterocycles. The van der Waals surface area contributed by atoms with E-state index in [1.807, 2.05) is 25.5 Å². The highest BCUT2D eigenvalue weighted by Gasteiger charge is 2.24. The summed E-state index contributed by atoms with van der Waals surface area (Å²) in [6, 6.07) is 5.03. The summed E-state index contributed by atoms with van der Waals surface area (Å²) in [4.78, 5) is 17.1. The molecule has 0 bridgehead atoms. The minimum Gasteiger partial charge on any atom is -0.462 e. The van der Waals surface area contributed by atoms with Gasteiger partial charge in [-0.15, -0.1) is 0 Å². The van der Waals surface area contributed by atoms with Crippen molar-refractivity contribution in [2.45, 2.75) is 70.3 Å². The molecule has 0 saturated heterocycles. The Morgan fingerprint density at radius 3 is 2.67 bits per heavy atom. The maximum atomic E-state index is 12.8. The Kier molecular flexibility index (Phi) is 7.18. The zero-order valence-corrected chi connectivity index (χ0v) is 19.2. The number of esters is 1. The summed E-state index contributed by atoms with van der Waals surface area (Å²) >= 11 is 0. The number of imidazole rings is 1. The molecule has 30 heavy (non-hydrogen) atoms. The van der Waals surface area contributed by atoms with Crippen LogP contribution in [-0.2, 0) is 33.0 Å². The number of aromatic nitrogens is 2. The molecule has 0 aliphatic heterocycles. The van der Waals surface area contributed by atoms with Gasteiger partial charge in [0.2, 0.25) is 10.0 Å². The van der Waals surface area contributed by atoms with Gasteiger partial charge >= 0.3 is 5.97 Å². The summed E-state index contributed by atoms with van der Waals surface area (Å²) in [5.41, 5.74) is 1.47. The number of rotatable bonds is 8. The highest BCUT2D eigenvalue weighted by atomic mass is 32.2. The first kappa shape index (κ1) is 22.7. The van der Waals surface area contributed by atoms with Crippen LogP contribution in [0.1, 0.15) is 58.7 Å². The van der Waals surface area contributed by atoms with Gasteiger partial charge in [0.15, 0.2) is 0 Å². The first-order chi connectivity index (χ1) is 14.3. The second-order valence-electron chi connectivity index (χ2n) is 8.21. The number of nitrogens with zero attached hydrogens (tertiary/aromatic N) is 3.